The van der Waals surface area contributed by atoms with Gasteiger partial charge in [0.05, 0.1) is 22.1 Å². The second-order valence-corrected chi connectivity index (χ2v) is 7.45. The molecule has 2 heterocycles. The van der Waals surface area contributed by atoms with Crippen LogP contribution in [0.15, 0.2) is 57.9 Å². The van der Waals surface area contributed by atoms with Crippen LogP contribution in [-0.2, 0) is 13.0 Å². The van der Waals surface area contributed by atoms with Gasteiger partial charge >= 0.3 is 0 Å². The molecule has 0 fully saturated rings. The minimum Gasteiger partial charge on any atom is -0.324 e. The fraction of sp³-hybridized carbons (Fsp3) is 0.111. The number of benzene rings is 2. The predicted molar refractivity (Wildman–Crippen MR) is 101 cm³/mol. The van der Waals surface area contributed by atoms with E-state index in [4.69, 9.17) is 0 Å². The van der Waals surface area contributed by atoms with E-state index in [-0.39, 0.29) is 11.6 Å². The largest absolute Gasteiger partial charge is 0.324 e. The molecule has 0 radical (unpaired) electrons. The maximum Gasteiger partial charge on any atom is 0.206 e. The zero-order valence-electron chi connectivity index (χ0n) is 13.5. The molecule has 0 aliphatic carbocycles. The third-order valence-electron chi connectivity index (χ3n) is 3.84. The molecule has 3 aromatic rings. The van der Waals surface area contributed by atoms with E-state index in [0.29, 0.717) is 30.2 Å². The second-order valence-electron chi connectivity index (χ2n) is 5.63. The number of aliphatic imine (C=N–C) groups is 1. The Morgan fingerprint density at radius 1 is 1.15 bits per heavy atom. The van der Waals surface area contributed by atoms with Gasteiger partial charge in [-0.3, -0.25) is 4.72 Å². The fourth-order valence-electron chi connectivity index (χ4n) is 2.61. The number of hydrogen-bond acceptors (Lipinski definition) is 4. The summed E-state index contributed by atoms with van der Waals surface area (Å²) in [7, 11) is 0. The van der Waals surface area contributed by atoms with Gasteiger partial charge in [0.25, 0.3) is 0 Å². The molecule has 0 atom stereocenters. The number of halogens is 2. The van der Waals surface area contributed by atoms with E-state index in [1.807, 2.05) is 11.4 Å². The van der Waals surface area contributed by atoms with Gasteiger partial charge in [0, 0.05) is 23.6 Å². The van der Waals surface area contributed by atoms with Crippen molar-refractivity contribution in [2.24, 2.45) is 4.99 Å². The Labute approximate surface area is 157 Å². The number of nitrogens with one attached hydrogen (secondary N) is 2. The first-order chi connectivity index (χ1) is 12.7. The number of fused-ring (bicyclic) bond motifs is 1. The van der Waals surface area contributed by atoms with Crippen molar-refractivity contribution < 1.29 is 8.78 Å². The molecular weight excluding hydrogens is 374 g/mol. The first-order valence-corrected chi connectivity index (χ1v) is 9.57. The summed E-state index contributed by atoms with van der Waals surface area (Å²) in [6.07, 6.45) is 2.13. The fourth-order valence-corrected chi connectivity index (χ4v) is 3.97. The molecule has 0 unspecified atom stereocenters. The summed E-state index contributed by atoms with van der Waals surface area (Å²) in [5, 5.41) is 5.89. The van der Waals surface area contributed by atoms with Crippen LogP contribution in [0.5, 0.6) is 0 Å². The lowest BCUT2D eigenvalue weighted by atomic mass is 10.1. The Bertz CT molecular complexity index is 958. The Hall–Kier alpha value is -2.45. The minimum absolute atomic E-state index is 0.279. The van der Waals surface area contributed by atoms with Crippen LogP contribution in [-0.4, -0.2) is 10.9 Å². The molecule has 0 saturated carbocycles. The van der Waals surface area contributed by atoms with Gasteiger partial charge in [-0.25, -0.2) is 18.8 Å². The maximum absolute atomic E-state index is 14.4. The lowest BCUT2D eigenvalue weighted by molar-refractivity contribution is 0.613. The lowest BCUT2D eigenvalue weighted by Crippen LogP contribution is -2.30. The van der Waals surface area contributed by atoms with Crippen molar-refractivity contribution in [2.75, 3.05) is 5.32 Å². The van der Waals surface area contributed by atoms with Crippen LogP contribution >= 0.6 is 23.3 Å². The highest BCUT2D eigenvalue weighted by molar-refractivity contribution is 7.98. The summed E-state index contributed by atoms with van der Waals surface area (Å²) in [6, 6.07) is 9.49. The van der Waals surface area contributed by atoms with Crippen LogP contribution in [0, 0.1) is 11.6 Å². The molecule has 0 saturated heterocycles. The quantitative estimate of drug-likeness (QED) is 0.642. The minimum atomic E-state index is -0.292. The standard InChI is InChI=1S/C18H14F2N4S2/c19-12-3-1-2-11(8-12)10-22-18-23-17-13(9-16-21-6-7-25-16)14(20)4-5-15(17)26-24-18/h1-8H,9-10H2,(H2,22,23,24). The molecule has 4 nitrogen and oxygen atoms in total. The number of aromatic nitrogens is 1. The van der Waals surface area contributed by atoms with E-state index in [2.05, 4.69) is 20.0 Å². The average Bonchev–Trinajstić information content (AvgIpc) is 3.16. The van der Waals surface area contributed by atoms with E-state index in [1.54, 1.807) is 18.3 Å². The van der Waals surface area contributed by atoms with Gasteiger partial charge in [0.15, 0.2) is 0 Å². The molecule has 4 rings (SSSR count). The molecule has 8 heteroatoms. The zero-order valence-corrected chi connectivity index (χ0v) is 15.1. The van der Waals surface area contributed by atoms with Gasteiger partial charge in [-0.15, -0.1) is 11.3 Å². The summed E-state index contributed by atoms with van der Waals surface area (Å²) in [6.45, 7) is 0.320. The van der Waals surface area contributed by atoms with Gasteiger partial charge in [0.2, 0.25) is 5.96 Å². The SMILES string of the molecule is Fc1cccc(CN=C2NSc3ccc(F)c(Cc4nccs4)c3N2)c1. The number of guanidine groups is 1. The highest BCUT2D eigenvalue weighted by Gasteiger charge is 2.21. The van der Waals surface area contributed by atoms with Crippen LogP contribution in [0.3, 0.4) is 0 Å². The van der Waals surface area contributed by atoms with Crippen molar-refractivity contribution in [1.82, 2.24) is 9.71 Å². The van der Waals surface area contributed by atoms with Gasteiger partial charge in [-0.05, 0) is 41.8 Å². The number of nitrogens with zero attached hydrogens (tertiary/aromatic N) is 2. The molecule has 1 aliphatic heterocycles. The summed E-state index contributed by atoms with van der Waals surface area (Å²) < 4.78 is 30.8. The van der Waals surface area contributed by atoms with Crippen LogP contribution in [0.1, 0.15) is 16.1 Å². The summed E-state index contributed by atoms with van der Waals surface area (Å²) in [4.78, 5) is 9.56. The van der Waals surface area contributed by atoms with E-state index < -0.39 is 0 Å². The molecule has 0 spiro atoms. The first-order valence-electron chi connectivity index (χ1n) is 7.87. The summed E-state index contributed by atoms with van der Waals surface area (Å²) in [5.41, 5.74) is 2.02. The number of thiazole rings is 1. The molecule has 26 heavy (non-hydrogen) atoms. The maximum atomic E-state index is 14.4. The third-order valence-corrected chi connectivity index (χ3v) is 5.47. The van der Waals surface area contributed by atoms with E-state index in [9.17, 15) is 8.78 Å². The average molecular weight is 388 g/mol. The molecule has 0 amide bonds. The second kappa shape index (κ2) is 7.43. The monoisotopic (exact) mass is 388 g/mol. The van der Waals surface area contributed by atoms with E-state index >= 15 is 0 Å². The smallest absolute Gasteiger partial charge is 0.206 e. The zero-order chi connectivity index (χ0) is 17.9. The Morgan fingerprint density at radius 2 is 2.08 bits per heavy atom. The molecular formula is C18H14F2N4S2. The Balaban J connectivity index is 1.59. The Kier molecular flexibility index (Phi) is 4.85. The molecule has 1 aromatic heterocycles. The van der Waals surface area contributed by atoms with Crippen LogP contribution in [0.25, 0.3) is 0 Å². The van der Waals surface area contributed by atoms with Gasteiger partial charge < -0.3 is 5.32 Å². The van der Waals surface area contributed by atoms with Gasteiger partial charge in [0.1, 0.15) is 11.6 Å². The van der Waals surface area contributed by atoms with Crippen LogP contribution < -0.4 is 10.0 Å². The molecule has 132 valence electrons. The lowest BCUT2D eigenvalue weighted by Gasteiger charge is -2.23. The van der Waals surface area contributed by atoms with E-state index in [0.717, 1.165) is 15.5 Å². The normalized spacial score (nSPS) is 14.6. The summed E-state index contributed by atoms with van der Waals surface area (Å²) in [5.74, 6) is -0.0593. The van der Waals surface area contributed by atoms with Crippen LogP contribution in [0.4, 0.5) is 14.5 Å². The van der Waals surface area contributed by atoms with Crippen molar-refractivity contribution in [2.45, 2.75) is 17.9 Å². The molecule has 2 aromatic carbocycles. The highest BCUT2D eigenvalue weighted by Crippen LogP contribution is 2.35. The third kappa shape index (κ3) is 3.71. The van der Waals surface area contributed by atoms with Crippen LogP contribution in [0.2, 0.25) is 0 Å². The van der Waals surface area contributed by atoms with E-state index in [1.165, 1.54) is 41.5 Å². The summed E-state index contributed by atoms with van der Waals surface area (Å²) >= 11 is 2.86. The van der Waals surface area contributed by atoms with Crippen molar-refractivity contribution >= 4 is 34.9 Å². The molecule has 2 N–H and O–H groups in total. The number of anilines is 1. The van der Waals surface area contributed by atoms with Crippen molar-refractivity contribution in [3.63, 3.8) is 0 Å². The van der Waals surface area contributed by atoms with Crippen molar-refractivity contribution in [1.29, 1.82) is 0 Å². The molecule has 0 bridgehead atoms. The topological polar surface area (TPSA) is 49.3 Å². The van der Waals surface area contributed by atoms with Gasteiger partial charge in [-0.2, -0.15) is 0 Å². The first kappa shape index (κ1) is 17.0. The predicted octanol–water partition coefficient (Wildman–Crippen LogP) is 4.59. The number of hydrogen-bond donors (Lipinski definition) is 2. The number of rotatable bonds is 4. The van der Waals surface area contributed by atoms with Crippen molar-refractivity contribution in [3.05, 3.63) is 75.7 Å². The Morgan fingerprint density at radius 3 is 2.88 bits per heavy atom. The molecule has 1 aliphatic rings. The highest BCUT2D eigenvalue weighted by atomic mass is 32.2. The van der Waals surface area contributed by atoms with Crippen molar-refractivity contribution in [3.8, 4) is 0 Å². The van der Waals surface area contributed by atoms with Gasteiger partial charge in [-0.1, -0.05) is 12.1 Å².